The number of carboxylic acids is 1. The summed E-state index contributed by atoms with van der Waals surface area (Å²) in [4.78, 5) is 29.1. The van der Waals surface area contributed by atoms with Gasteiger partial charge in [-0.3, -0.25) is 9.36 Å². The number of halogens is 4. The minimum atomic E-state index is -1.65. The number of carboxylic acid groups (broad SMARTS) is 1. The number of fused-ring (bicyclic) bond motifs is 1. The number of β-amino-alcohol motifs (C(OH)–C–C–N with tert-alkyl or cyclic N) is 1. The fourth-order valence-corrected chi connectivity index (χ4v) is 4.59. The van der Waals surface area contributed by atoms with E-state index >= 15 is 0 Å². The van der Waals surface area contributed by atoms with Gasteiger partial charge in [-0.2, -0.15) is 0 Å². The van der Waals surface area contributed by atoms with Gasteiger partial charge in [0.05, 0.1) is 40.4 Å². The van der Waals surface area contributed by atoms with E-state index in [1.165, 1.54) is 4.90 Å². The number of benzene rings is 1. The van der Waals surface area contributed by atoms with E-state index in [0.717, 1.165) is 16.8 Å². The molecule has 1 fully saturated rings. The summed E-state index contributed by atoms with van der Waals surface area (Å²) < 4.78 is 43.6. The third kappa shape index (κ3) is 8.57. The molecule has 0 radical (unpaired) electrons. The van der Waals surface area contributed by atoms with E-state index in [4.69, 9.17) is 37.8 Å². The first-order valence-corrected chi connectivity index (χ1v) is 12.9. The first kappa shape index (κ1) is 42.3. The monoisotopic (exact) mass is 689 g/mol. The smallest absolute Gasteiger partial charge is 0.341 e. The Balaban J connectivity index is 0.00000109. The molecule has 1 saturated heterocycles. The first-order valence-electron chi connectivity index (χ1n) is 12.5. The fourth-order valence-electron chi connectivity index (χ4n) is 4.18. The number of hydrogen-bond donors (Lipinski definition) is 9. The van der Waals surface area contributed by atoms with Gasteiger partial charge < -0.3 is 68.1 Å². The van der Waals surface area contributed by atoms with Gasteiger partial charge in [-0.05, 0) is 13.1 Å². The van der Waals surface area contributed by atoms with Crippen molar-refractivity contribution in [1.82, 2.24) is 14.9 Å². The van der Waals surface area contributed by atoms with Gasteiger partial charge in [0.25, 0.3) is 0 Å². The Morgan fingerprint density at radius 3 is 2.13 bits per heavy atom. The summed E-state index contributed by atoms with van der Waals surface area (Å²) in [6.45, 7) is -0.438. The molecule has 16 N–H and O–H groups in total. The molecular formula is C25H35ClF3N5O12. The van der Waals surface area contributed by atoms with Crippen molar-refractivity contribution in [2.75, 3.05) is 43.9 Å². The molecule has 0 saturated carbocycles. The highest BCUT2D eigenvalue weighted by molar-refractivity contribution is 6.38. The molecule has 0 bridgehead atoms. The van der Waals surface area contributed by atoms with Crippen LogP contribution in [0.2, 0.25) is 5.02 Å². The number of aromatic carboxylic acids is 1. The number of hydrogen-bond acceptors (Lipinski definition) is 12. The number of likely N-dealkylation sites (N-methyl/N-ethyl adjacent to an activating group) is 1. The second kappa shape index (κ2) is 17.3. The summed E-state index contributed by atoms with van der Waals surface area (Å²) in [6, 6.07) is 1.21. The van der Waals surface area contributed by atoms with Gasteiger partial charge in [0.15, 0.2) is 23.3 Å². The van der Waals surface area contributed by atoms with Gasteiger partial charge >= 0.3 is 5.97 Å². The van der Waals surface area contributed by atoms with E-state index in [2.05, 4.69) is 10.3 Å². The Morgan fingerprint density at radius 1 is 1.07 bits per heavy atom. The zero-order valence-corrected chi connectivity index (χ0v) is 24.6. The molecule has 0 unspecified atom stereocenters. The highest BCUT2D eigenvalue weighted by Gasteiger charge is 2.32. The van der Waals surface area contributed by atoms with E-state index in [9.17, 15) is 38.1 Å². The molecule has 3 aromatic rings. The van der Waals surface area contributed by atoms with Crippen LogP contribution in [-0.2, 0) is 0 Å². The van der Waals surface area contributed by atoms with Crippen LogP contribution >= 0.6 is 11.6 Å². The van der Waals surface area contributed by atoms with Crippen LogP contribution in [0.15, 0.2) is 23.1 Å². The van der Waals surface area contributed by atoms with E-state index in [1.807, 2.05) is 0 Å². The molecule has 4 atom stereocenters. The van der Waals surface area contributed by atoms with Crippen LogP contribution in [0.4, 0.5) is 24.7 Å². The maximum Gasteiger partial charge on any atom is 0.341 e. The average Bonchev–Trinajstić information content (AvgIpc) is 2.93. The summed E-state index contributed by atoms with van der Waals surface area (Å²) in [6.07, 6.45) is -5.59. The van der Waals surface area contributed by atoms with Crippen molar-refractivity contribution in [3.8, 4) is 5.82 Å². The van der Waals surface area contributed by atoms with Crippen LogP contribution in [0.1, 0.15) is 10.4 Å². The Morgan fingerprint density at radius 2 is 1.63 bits per heavy atom. The number of anilines is 2. The molecule has 0 aliphatic carbocycles. The quantitative estimate of drug-likeness (QED) is 0.104. The maximum absolute atomic E-state index is 14.8. The molecule has 17 nitrogen and oxygen atoms in total. The summed E-state index contributed by atoms with van der Waals surface area (Å²) >= 11 is 6.36. The van der Waals surface area contributed by atoms with Crippen LogP contribution in [0.5, 0.6) is 0 Å². The second-order valence-corrected chi connectivity index (χ2v) is 9.92. The zero-order chi connectivity index (χ0) is 32.3. The number of nitrogen functional groups attached to an aromatic ring is 1. The van der Waals surface area contributed by atoms with Crippen molar-refractivity contribution >= 4 is 40.0 Å². The third-order valence-electron chi connectivity index (χ3n) is 6.47. The molecular weight excluding hydrogens is 655 g/mol. The van der Waals surface area contributed by atoms with E-state index in [0.29, 0.717) is 6.07 Å². The molecule has 1 aliphatic heterocycles. The fraction of sp³-hybridized carbons (Fsp3) is 0.400. The Bertz CT molecular complexity index is 1560. The number of nitrogens with one attached hydrogen (secondary N) is 1. The van der Waals surface area contributed by atoms with Crippen LogP contribution in [0, 0.1) is 17.5 Å². The summed E-state index contributed by atoms with van der Waals surface area (Å²) in [5, 5.41) is 65.5. The normalized spacial score (nSPS) is 15.2. The minimum absolute atomic E-state index is 0. The Hall–Kier alpha value is -3.67. The molecule has 1 aliphatic rings. The van der Waals surface area contributed by atoms with Crippen LogP contribution in [-0.4, -0.2) is 132 Å². The topological polar surface area (TPSA) is 329 Å². The van der Waals surface area contributed by atoms with Gasteiger partial charge in [0.2, 0.25) is 5.43 Å². The predicted octanol–water partition coefficient (Wildman–Crippen LogP) is -3.91. The number of aliphatic hydroxyl groups excluding tert-OH is 6. The minimum Gasteiger partial charge on any atom is -0.477 e. The van der Waals surface area contributed by atoms with E-state index in [-0.39, 0.29) is 52.3 Å². The Kier molecular flexibility index (Phi) is 15.9. The number of rotatable bonds is 9. The number of nitrogens with two attached hydrogens (primary N) is 1. The molecule has 1 aromatic carbocycles. The summed E-state index contributed by atoms with van der Waals surface area (Å²) in [5.74, 6) is -6.27. The van der Waals surface area contributed by atoms with Crippen molar-refractivity contribution in [2.24, 2.45) is 0 Å². The average molecular weight is 690 g/mol. The molecule has 4 rings (SSSR count). The molecule has 21 heteroatoms. The van der Waals surface area contributed by atoms with Gasteiger partial charge in [-0.15, -0.1) is 0 Å². The number of pyridine rings is 2. The second-order valence-electron chi connectivity index (χ2n) is 9.54. The largest absolute Gasteiger partial charge is 0.477 e. The van der Waals surface area contributed by atoms with Crippen LogP contribution in [0.3, 0.4) is 0 Å². The number of carbonyl (C=O) groups is 1. The molecule has 0 spiro atoms. The van der Waals surface area contributed by atoms with E-state index in [1.54, 1.807) is 7.05 Å². The van der Waals surface area contributed by atoms with Crippen LogP contribution < -0.4 is 21.4 Å². The van der Waals surface area contributed by atoms with Crippen molar-refractivity contribution in [3.63, 3.8) is 0 Å². The maximum atomic E-state index is 14.8. The lowest BCUT2D eigenvalue weighted by atomic mass is 10.0. The van der Waals surface area contributed by atoms with Crippen molar-refractivity contribution in [1.29, 1.82) is 0 Å². The van der Waals surface area contributed by atoms with Crippen molar-refractivity contribution in [3.05, 3.63) is 56.6 Å². The number of nitrogens with zero attached hydrogens (tertiary/aromatic N) is 3. The standard InChI is InChI=1S/C18H12ClF3N4O4.C7H17NO5.3H2O/c19-12-13-7(1-9(20)14(12)25-3-6(27)4-25)15(28)8(18(29)30)5-26(13)17-11(22)2-10(21)16(23)24-17;1-8-2-4(10)6(12)7(13)5(11)3-9;;;/h1-2,5-6,27H,3-4H2,(H2,23,24)(H,29,30);4-13H,2-3H2,1H3;3*1H2/t;4-,5+,6+,7+;;;/m.0.../s1. The lowest BCUT2D eigenvalue weighted by Gasteiger charge is -2.38. The first-order chi connectivity index (χ1) is 20.1. The van der Waals surface area contributed by atoms with Crippen molar-refractivity contribution in [2.45, 2.75) is 30.5 Å². The van der Waals surface area contributed by atoms with E-state index < -0.39 is 88.6 Å². The Labute approximate surface area is 262 Å². The molecule has 260 valence electrons. The predicted molar refractivity (Wildman–Crippen MR) is 158 cm³/mol. The SMILES string of the molecule is CNC[C@H](O)[C@@H](O)[C@H](O)[C@H](O)CO.Nc1nc(-n2cc(C(=O)O)c(=O)c3cc(F)c(N4CC(O)C4)c(Cl)c32)c(F)cc1F.O.O.O. The van der Waals surface area contributed by atoms with Gasteiger partial charge in [-0.1, -0.05) is 11.6 Å². The van der Waals surface area contributed by atoms with Gasteiger partial charge in [-0.25, -0.2) is 22.9 Å². The lowest BCUT2D eigenvalue weighted by Crippen LogP contribution is -2.51. The highest BCUT2D eigenvalue weighted by Crippen LogP contribution is 2.38. The number of aliphatic hydroxyl groups is 6. The summed E-state index contributed by atoms with van der Waals surface area (Å²) in [7, 11) is 1.57. The van der Waals surface area contributed by atoms with Crippen LogP contribution in [0.25, 0.3) is 16.7 Å². The number of aromatic nitrogens is 2. The lowest BCUT2D eigenvalue weighted by molar-refractivity contribution is -0.113. The zero-order valence-electron chi connectivity index (χ0n) is 23.8. The summed E-state index contributed by atoms with van der Waals surface area (Å²) in [5.41, 5.74) is 3.13. The molecule has 3 heterocycles. The molecule has 46 heavy (non-hydrogen) atoms. The van der Waals surface area contributed by atoms with Gasteiger partial charge in [0, 0.05) is 31.9 Å². The molecule has 2 aromatic heterocycles. The van der Waals surface area contributed by atoms with Crippen molar-refractivity contribution < 1.29 is 70.1 Å². The van der Waals surface area contributed by atoms with Gasteiger partial charge in [0.1, 0.15) is 29.7 Å². The molecule has 0 amide bonds. The third-order valence-corrected chi connectivity index (χ3v) is 6.83. The highest BCUT2D eigenvalue weighted by atomic mass is 35.5.